The second-order valence-corrected chi connectivity index (χ2v) is 8.68. The number of benzene rings is 2. The molecule has 9 heteroatoms. The molecule has 3 amide bonds. The van der Waals surface area contributed by atoms with Crippen LogP contribution in [0.3, 0.4) is 0 Å². The van der Waals surface area contributed by atoms with Crippen LogP contribution in [0.2, 0.25) is 0 Å². The van der Waals surface area contributed by atoms with E-state index in [4.69, 9.17) is 9.47 Å². The first-order valence-electron chi connectivity index (χ1n) is 10.4. The molecule has 0 bridgehead atoms. The quantitative estimate of drug-likeness (QED) is 0.674. The Balaban J connectivity index is 1.57. The van der Waals surface area contributed by atoms with Crippen LogP contribution < -0.4 is 19.7 Å². The van der Waals surface area contributed by atoms with Gasteiger partial charge in [0.1, 0.15) is 18.0 Å². The molecule has 1 atom stereocenters. The molecule has 0 unspecified atom stereocenters. The first-order valence-corrected chi connectivity index (χ1v) is 11.3. The summed E-state index contributed by atoms with van der Waals surface area (Å²) in [5.41, 5.74) is 1.06. The Hall–Kier alpha value is -3.20. The molecule has 2 heterocycles. The molecule has 32 heavy (non-hydrogen) atoms. The molecule has 1 fully saturated rings. The lowest BCUT2D eigenvalue weighted by molar-refractivity contribution is -0.134. The maximum absolute atomic E-state index is 13.3. The van der Waals surface area contributed by atoms with Gasteiger partial charge in [-0.1, -0.05) is 12.1 Å². The summed E-state index contributed by atoms with van der Waals surface area (Å²) in [6, 6.07) is 12.4. The summed E-state index contributed by atoms with van der Waals surface area (Å²) in [4.78, 5) is 43.2. The number of likely N-dealkylation sites (tertiary alicyclic amines) is 1. The van der Waals surface area contributed by atoms with E-state index in [1.54, 1.807) is 29.2 Å². The normalized spacial score (nSPS) is 17.7. The predicted octanol–water partition coefficient (Wildman–Crippen LogP) is 2.77. The van der Waals surface area contributed by atoms with Crippen molar-refractivity contribution in [3.8, 4) is 11.5 Å². The fourth-order valence-electron chi connectivity index (χ4n) is 3.88. The number of nitrogens with one attached hydrogen (secondary N) is 1. The molecule has 1 saturated heterocycles. The van der Waals surface area contributed by atoms with Crippen molar-refractivity contribution in [2.75, 3.05) is 44.1 Å². The van der Waals surface area contributed by atoms with Crippen LogP contribution in [-0.2, 0) is 14.4 Å². The highest BCUT2D eigenvalue weighted by Gasteiger charge is 2.41. The summed E-state index contributed by atoms with van der Waals surface area (Å²) in [6.45, 7) is 1.11. The van der Waals surface area contributed by atoms with Crippen molar-refractivity contribution in [2.45, 2.75) is 23.0 Å². The molecular formula is C23H25N3O5S. The van der Waals surface area contributed by atoms with Gasteiger partial charge in [-0.25, -0.2) is 0 Å². The van der Waals surface area contributed by atoms with E-state index < -0.39 is 11.2 Å². The lowest BCUT2D eigenvalue weighted by Gasteiger charge is -2.34. The van der Waals surface area contributed by atoms with Crippen molar-refractivity contribution in [2.24, 2.45) is 0 Å². The third-order valence-corrected chi connectivity index (χ3v) is 6.75. The number of anilines is 2. The number of amides is 3. The van der Waals surface area contributed by atoms with E-state index in [9.17, 15) is 14.4 Å². The summed E-state index contributed by atoms with van der Waals surface area (Å²) in [6.07, 6.45) is 1.89. The number of carbonyl (C=O) groups excluding carboxylic acids is 3. The second-order valence-electron chi connectivity index (χ2n) is 7.54. The zero-order chi connectivity index (χ0) is 22.7. The van der Waals surface area contributed by atoms with Crippen LogP contribution in [0, 0.1) is 0 Å². The van der Waals surface area contributed by atoms with Crippen LogP contribution in [0.4, 0.5) is 11.4 Å². The van der Waals surface area contributed by atoms with Gasteiger partial charge in [0, 0.05) is 24.1 Å². The molecule has 2 aliphatic heterocycles. The van der Waals surface area contributed by atoms with Crippen molar-refractivity contribution in [3.05, 3.63) is 42.5 Å². The van der Waals surface area contributed by atoms with E-state index in [1.165, 1.54) is 30.9 Å². The maximum Gasteiger partial charge on any atom is 0.250 e. The molecule has 168 valence electrons. The number of para-hydroxylation sites is 1. The maximum atomic E-state index is 13.3. The summed E-state index contributed by atoms with van der Waals surface area (Å²) >= 11 is 1.26. The number of hydrogen-bond acceptors (Lipinski definition) is 6. The van der Waals surface area contributed by atoms with Gasteiger partial charge in [-0.2, -0.15) is 0 Å². The minimum Gasteiger partial charge on any atom is -0.497 e. The first-order chi connectivity index (χ1) is 15.5. The van der Waals surface area contributed by atoms with Gasteiger partial charge in [0.15, 0.2) is 5.25 Å². The lowest BCUT2D eigenvalue weighted by atomic mass is 10.2. The average Bonchev–Trinajstić information content (AvgIpc) is 3.35. The Morgan fingerprint density at radius 3 is 2.56 bits per heavy atom. The van der Waals surface area contributed by atoms with Gasteiger partial charge in [-0.05, 0) is 37.1 Å². The molecule has 4 rings (SSSR count). The van der Waals surface area contributed by atoms with E-state index in [0.29, 0.717) is 36.0 Å². The van der Waals surface area contributed by atoms with E-state index in [2.05, 4.69) is 5.32 Å². The molecule has 8 nitrogen and oxygen atoms in total. The van der Waals surface area contributed by atoms with Crippen LogP contribution in [0.25, 0.3) is 0 Å². The number of thioether (sulfide) groups is 1. The molecule has 0 radical (unpaired) electrons. The Kier molecular flexibility index (Phi) is 6.55. The number of rotatable bonds is 6. The summed E-state index contributed by atoms with van der Waals surface area (Å²) in [5.74, 6) is 0.0690. The van der Waals surface area contributed by atoms with Gasteiger partial charge in [0.25, 0.3) is 5.91 Å². The number of hydrogen-bond donors (Lipinski definition) is 1. The summed E-state index contributed by atoms with van der Waals surface area (Å²) in [5, 5.41) is 1.91. The number of fused-ring (bicyclic) bond motifs is 1. The van der Waals surface area contributed by atoms with Gasteiger partial charge in [-0.15, -0.1) is 11.8 Å². The second kappa shape index (κ2) is 9.52. The smallest absolute Gasteiger partial charge is 0.250 e. The zero-order valence-electron chi connectivity index (χ0n) is 18.0. The molecule has 0 spiro atoms. The van der Waals surface area contributed by atoms with E-state index in [-0.39, 0.29) is 18.4 Å². The van der Waals surface area contributed by atoms with E-state index >= 15 is 0 Å². The number of nitrogens with zero attached hydrogens (tertiary/aromatic N) is 2. The minimum atomic E-state index is -0.887. The van der Waals surface area contributed by atoms with Crippen LogP contribution >= 0.6 is 11.8 Å². The Labute approximate surface area is 190 Å². The van der Waals surface area contributed by atoms with Crippen molar-refractivity contribution >= 4 is 40.9 Å². The monoisotopic (exact) mass is 455 g/mol. The van der Waals surface area contributed by atoms with Crippen molar-refractivity contribution in [1.82, 2.24) is 4.90 Å². The molecular weight excluding hydrogens is 430 g/mol. The van der Waals surface area contributed by atoms with Gasteiger partial charge < -0.3 is 24.6 Å². The highest BCUT2D eigenvalue weighted by atomic mass is 32.2. The van der Waals surface area contributed by atoms with Crippen LogP contribution in [0.5, 0.6) is 11.5 Å². The molecule has 2 aliphatic rings. The Morgan fingerprint density at radius 2 is 1.84 bits per heavy atom. The molecule has 0 aliphatic carbocycles. The van der Waals surface area contributed by atoms with Crippen molar-refractivity contribution < 1.29 is 23.9 Å². The average molecular weight is 456 g/mol. The highest BCUT2D eigenvalue weighted by molar-refractivity contribution is 8.01. The highest BCUT2D eigenvalue weighted by Crippen LogP contribution is 2.40. The largest absolute Gasteiger partial charge is 0.497 e. The van der Waals surface area contributed by atoms with Gasteiger partial charge in [-0.3, -0.25) is 14.4 Å². The zero-order valence-corrected chi connectivity index (χ0v) is 18.8. The fourth-order valence-corrected chi connectivity index (χ4v) is 5.07. The van der Waals surface area contributed by atoms with Crippen molar-refractivity contribution in [3.63, 3.8) is 0 Å². The van der Waals surface area contributed by atoms with E-state index in [0.717, 1.165) is 17.7 Å². The standard InChI is InChI=1S/C23H25N3O5S/c1-30-15-9-10-18(31-2)16(13-15)24-20(27)14-26-17-7-3-4-8-19(17)32-21(23(26)29)22(28)25-11-5-6-12-25/h3-4,7-10,13,21H,5-6,11-12,14H2,1-2H3,(H,24,27)/t21-/m0/s1. The first kappa shape index (κ1) is 22.0. The van der Waals surface area contributed by atoms with E-state index in [1.807, 2.05) is 18.2 Å². The predicted molar refractivity (Wildman–Crippen MR) is 122 cm³/mol. The molecule has 0 aromatic heterocycles. The van der Waals surface area contributed by atoms with Crippen molar-refractivity contribution in [1.29, 1.82) is 0 Å². The summed E-state index contributed by atoms with van der Waals surface area (Å²) in [7, 11) is 3.04. The molecule has 1 N–H and O–H groups in total. The third kappa shape index (κ3) is 4.38. The van der Waals surface area contributed by atoms with Crippen LogP contribution in [-0.4, -0.2) is 61.7 Å². The third-order valence-electron chi connectivity index (χ3n) is 5.52. The fraction of sp³-hybridized carbons (Fsp3) is 0.348. The van der Waals surface area contributed by atoms with Gasteiger partial charge in [0.2, 0.25) is 11.8 Å². The van der Waals surface area contributed by atoms with Crippen LogP contribution in [0.1, 0.15) is 12.8 Å². The number of carbonyl (C=O) groups is 3. The molecule has 0 saturated carbocycles. The van der Waals surface area contributed by atoms with Crippen LogP contribution in [0.15, 0.2) is 47.4 Å². The minimum absolute atomic E-state index is 0.188. The topological polar surface area (TPSA) is 88.2 Å². The Morgan fingerprint density at radius 1 is 1.09 bits per heavy atom. The summed E-state index contributed by atoms with van der Waals surface area (Å²) < 4.78 is 10.5. The lowest BCUT2D eigenvalue weighted by Crippen LogP contribution is -2.51. The SMILES string of the molecule is COc1ccc(OC)c(NC(=O)CN2C(=O)[C@H](C(=O)N3CCCC3)Sc3ccccc32)c1. The number of ether oxygens (including phenoxy) is 2. The molecule has 2 aromatic carbocycles. The van der Waals surface area contributed by atoms with Gasteiger partial charge >= 0.3 is 0 Å². The van der Waals surface area contributed by atoms with Gasteiger partial charge in [0.05, 0.1) is 25.6 Å². The number of methoxy groups -OCH3 is 2. The Bertz CT molecular complexity index is 1040. The molecule has 2 aromatic rings.